The average Bonchev–Trinajstić information content (AvgIpc) is 3.12. The Morgan fingerprint density at radius 2 is 1.57 bits per heavy atom. The topological polar surface area (TPSA) is 50.3 Å². The van der Waals surface area contributed by atoms with Crippen LogP contribution >= 0.6 is 24.0 Å². The molecule has 4 rings (SSSR count). The van der Waals surface area contributed by atoms with Crippen LogP contribution in [0.4, 0.5) is 10.8 Å². The van der Waals surface area contributed by atoms with Crippen LogP contribution in [-0.2, 0) is 6.54 Å². The van der Waals surface area contributed by atoms with Gasteiger partial charge in [-0.1, -0.05) is 73.3 Å². The average molecular weight is 435 g/mol. The Labute approximate surface area is 184 Å². The second kappa shape index (κ2) is 8.69. The molecule has 30 heavy (non-hydrogen) atoms. The van der Waals surface area contributed by atoms with E-state index in [1.54, 1.807) is 23.5 Å². The first-order valence-electron chi connectivity index (χ1n) is 9.37. The predicted molar refractivity (Wildman–Crippen MR) is 124 cm³/mol. The summed E-state index contributed by atoms with van der Waals surface area (Å²) in [4.78, 5) is 13.9. The van der Waals surface area contributed by atoms with Gasteiger partial charge in [-0.25, -0.2) is 0 Å². The third kappa shape index (κ3) is 4.08. The lowest BCUT2D eigenvalue weighted by Gasteiger charge is -2.12. The molecule has 5 nitrogen and oxygen atoms in total. The van der Waals surface area contributed by atoms with Crippen molar-refractivity contribution in [1.82, 2.24) is 0 Å². The number of thiol groups is 1. The van der Waals surface area contributed by atoms with Crippen molar-refractivity contribution in [3.8, 4) is 16.1 Å². The van der Waals surface area contributed by atoms with E-state index in [2.05, 4.69) is 29.2 Å². The first-order chi connectivity index (χ1) is 14.5. The smallest absolute Gasteiger partial charge is 0.258 e. The van der Waals surface area contributed by atoms with Crippen LogP contribution in [0.25, 0.3) is 16.1 Å². The molecule has 0 bridgehead atoms. The molecule has 0 N–H and O–H groups in total. The molecule has 0 aliphatic heterocycles. The molecule has 3 aromatic carbocycles. The van der Waals surface area contributed by atoms with Crippen molar-refractivity contribution in [2.45, 2.75) is 11.6 Å². The lowest BCUT2D eigenvalue weighted by atomic mass is 10.2. The standard InChI is InChI=1S/C23H19N3O2S2/c1-24(16-17-8-4-2-5-9-17)23-25(19-12-14-20(15-13-19)26(27)28)22(29)21(30-23)18-10-6-3-7-11-18/h2-15H,16H2,1H3/p+1. The highest BCUT2D eigenvalue weighted by molar-refractivity contribution is 7.80. The van der Waals surface area contributed by atoms with Crippen molar-refractivity contribution in [1.29, 1.82) is 0 Å². The first kappa shape index (κ1) is 20.1. The van der Waals surface area contributed by atoms with Crippen LogP contribution in [0.5, 0.6) is 0 Å². The van der Waals surface area contributed by atoms with E-state index < -0.39 is 0 Å². The molecule has 150 valence electrons. The summed E-state index contributed by atoms with van der Waals surface area (Å²) in [5.41, 5.74) is 3.19. The highest BCUT2D eigenvalue weighted by Crippen LogP contribution is 2.36. The van der Waals surface area contributed by atoms with E-state index in [0.717, 1.165) is 32.8 Å². The minimum atomic E-state index is -0.387. The number of nitrogens with zero attached hydrogens (tertiary/aromatic N) is 3. The minimum absolute atomic E-state index is 0.0674. The third-order valence-corrected chi connectivity index (χ3v) is 6.63. The number of thiazole rings is 1. The first-order valence-corrected chi connectivity index (χ1v) is 10.6. The van der Waals surface area contributed by atoms with Gasteiger partial charge >= 0.3 is 5.13 Å². The van der Waals surface area contributed by atoms with Gasteiger partial charge in [-0.3, -0.25) is 15.0 Å². The van der Waals surface area contributed by atoms with Gasteiger partial charge in [-0.2, -0.15) is 4.57 Å². The zero-order valence-corrected chi connectivity index (χ0v) is 18.0. The van der Waals surface area contributed by atoms with Crippen molar-refractivity contribution in [2.24, 2.45) is 0 Å². The second-order valence-corrected chi connectivity index (χ2v) is 8.26. The van der Waals surface area contributed by atoms with E-state index in [9.17, 15) is 10.1 Å². The number of nitro benzene ring substituents is 1. The number of hydrogen-bond acceptors (Lipinski definition) is 5. The lowest BCUT2D eigenvalue weighted by Crippen LogP contribution is -2.37. The summed E-state index contributed by atoms with van der Waals surface area (Å²) in [6, 6.07) is 27.0. The van der Waals surface area contributed by atoms with Crippen LogP contribution in [0.2, 0.25) is 0 Å². The molecule has 4 aromatic rings. The SMILES string of the molecule is CN(Cc1ccccc1)c1sc(-c2ccccc2)c(S)[n+]1-c1ccc([N+](=O)[O-])cc1. The molecule has 0 aliphatic carbocycles. The summed E-state index contributed by atoms with van der Waals surface area (Å²) in [6.07, 6.45) is 0. The second-order valence-electron chi connectivity index (χ2n) is 6.85. The van der Waals surface area contributed by atoms with Gasteiger partial charge < -0.3 is 0 Å². The fourth-order valence-electron chi connectivity index (χ4n) is 3.28. The Morgan fingerprint density at radius 1 is 0.967 bits per heavy atom. The molecule has 7 heteroatoms. The van der Waals surface area contributed by atoms with Gasteiger partial charge in [0, 0.05) is 12.1 Å². The van der Waals surface area contributed by atoms with E-state index >= 15 is 0 Å². The van der Waals surface area contributed by atoms with Gasteiger partial charge in [0.15, 0.2) is 5.03 Å². The van der Waals surface area contributed by atoms with Gasteiger partial charge in [0.2, 0.25) is 0 Å². The van der Waals surface area contributed by atoms with Gasteiger partial charge in [-0.05, 0) is 34.6 Å². The molecule has 0 radical (unpaired) electrons. The molecule has 0 saturated carbocycles. The highest BCUT2D eigenvalue weighted by atomic mass is 32.1. The van der Waals surface area contributed by atoms with Crippen LogP contribution in [0.3, 0.4) is 0 Å². The number of nitro groups is 1. The normalized spacial score (nSPS) is 10.7. The van der Waals surface area contributed by atoms with Crippen LogP contribution in [0.15, 0.2) is 90.0 Å². The maximum Gasteiger partial charge on any atom is 0.342 e. The van der Waals surface area contributed by atoms with Gasteiger partial charge in [0.25, 0.3) is 5.69 Å². The molecule has 1 aromatic heterocycles. The lowest BCUT2D eigenvalue weighted by molar-refractivity contribution is -0.617. The largest absolute Gasteiger partial charge is 0.342 e. The van der Waals surface area contributed by atoms with E-state index in [0.29, 0.717) is 0 Å². The van der Waals surface area contributed by atoms with Gasteiger partial charge in [0.05, 0.1) is 16.8 Å². The summed E-state index contributed by atoms with van der Waals surface area (Å²) in [5, 5.41) is 12.9. The molecule has 0 saturated heterocycles. The van der Waals surface area contributed by atoms with E-state index in [4.69, 9.17) is 12.6 Å². The van der Waals surface area contributed by atoms with Crippen molar-refractivity contribution in [2.75, 3.05) is 11.9 Å². The van der Waals surface area contributed by atoms with Crippen molar-refractivity contribution < 1.29 is 9.49 Å². The molecule has 0 unspecified atom stereocenters. The van der Waals surface area contributed by atoms with E-state index in [1.165, 1.54) is 17.7 Å². The predicted octanol–water partition coefficient (Wildman–Crippen LogP) is 5.53. The molecule has 0 atom stereocenters. The monoisotopic (exact) mass is 434 g/mol. The number of rotatable bonds is 6. The zero-order valence-electron chi connectivity index (χ0n) is 16.3. The van der Waals surface area contributed by atoms with Gasteiger partial charge in [-0.15, -0.1) is 0 Å². The summed E-state index contributed by atoms with van der Waals surface area (Å²) in [5.74, 6) is 0. The number of non-ortho nitro benzene ring substituents is 1. The van der Waals surface area contributed by atoms with E-state index in [-0.39, 0.29) is 10.6 Å². The highest BCUT2D eigenvalue weighted by Gasteiger charge is 2.28. The summed E-state index contributed by atoms with van der Waals surface area (Å²) < 4.78 is 2.04. The Kier molecular flexibility index (Phi) is 5.83. The fraction of sp³-hybridized carbons (Fsp3) is 0.0870. The van der Waals surface area contributed by atoms with Crippen LogP contribution in [-0.4, -0.2) is 12.0 Å². The maximum absolute atomic E-state index is 11.1. The molecule has 0 amide bonds. The maximum atomic E-state index is 11.1. The summed E-state index contributed by atoms with van der Waals surface area (Å²) >= 11 is 6.51. The summed E-state index contributed by atoms with van der Waals surface area (Å²) in [7, 11) is 2.04. The minimum Gasteiger partial charge on any atom is -0.258 e. The molecule has 0 fully saturated rings. The Bertz CT molecular complexity index is 1160. The van der Waals surface area contributed by atoms with E-state index in [1.807, 2.05) is 48.0 Å². The molecule has 0 spiro atoms. The number of aromatic nitrogens is 1. The zero-order chi connectivity index (χ0) is 21.1. The fourth-order valence-corrected chi connectivity index (χ4v) is 4.95. The van der Waals surface area contributed by atoms with Crippen molar-refractivity contribution in [3.05, 3.63) is 101 Å². The Hall–Kier alpha value is -3.16. The van der Waals surface area contributed by atoms with Crippen molar-refractivity contribution in [3.63, 3.8) is 0 Å². The Morgan fingerprint density at radius 3 is 2.17 bits per heavy atom. The van der Waals surface area contributed by atoms with Crippen molar-refractivity contribution >= 4 is 34.8 Å². The number of benzene rings is 3. The van der Waals surface area contributed by atoms with Crippen LogP contribution in [0.1, 0.15) is 5.56 Å². The third-order valence-electron chi connectivity index (χ3n) is 4.74. The Balaban J connectivity index is 1.82. The molecule has 1 heterocycles. The van der Waals surface area contributed by atoms with Gasteiger partial charge in [0.1, 0.15) is 12.2 Å². The summed E-state index contributed by atoms with van der Waals surface area (Å²) in [6.45, 7) is 0.732. The van der Waals surface area contributed by atoms with Crippen LogP contribution < -0.4 is 9.47 Å². The number of anilines is 1. The quantitative estimate of drug-likeness (QED) is 0.188. The molecule has 0 aliphatic rings. The molecular weight excluding hydrogens is 414 g/mol. The van der Waals surface area contributed by atoms with Crippen LogP contribution in [0, 0.1) is 10.1 Å². The molecular formula is C23H20N3O2S2+. The number of hydrogen-bond donors (Lipinski definition) is 1.